The second-order valence-electron chi connectivity index (χ2n) is 4.79. The second kappa shape index (κ2) is 7.70. The molecule has 0 aliphatic heterocycles. The van der Waals surface area contributed by atoms with E-state index in [9.17, 15) is 4.79 Å². The van der Waals surface area contributed by atoms with Crippen LogP contribution in [0.5, 0.6) is 0 Å². The van der Waals surface area contributed by atoms with Gasteiger partial charge in [0.1, 0.15) is 0 Å². The number of benzene rings is 2. The summed E-state index contributed by atoms with van der Waals surface area (Å²) < 4.78 is 0. The van der Waals surface area contributed by atoms with Crippen LogP contribution in [-0.4, -0.2) is 12.5 Å². The van der Waals surface area contributed by atoms with Gasteiger partial charge in [0.05, 0.1) is 0 Å². The van der Waals surface area contributed by atoms with Crippen LogP contribution in [0.25, 0.3) is 0 Å². The predicted molar refractivity (Wildman–Crippen MR) is 89.0 cm³/mol. The molecule has 0 unspecified atom stereocenters. The van der Waals surface area contributed by atoms with Crippen molar-refractivity contribution in [2.45, 2.75) is 19.8 Å². The first-order chi connectivity index (χ1) is 10.2. The molecule has 0 aliphatic rings. The van der Waals surface area contributed by atoms with Crippen molar-refractivity contribution in [3.8, 4) is 0 Å². The Balaban J connectivity index is 1.76. The van der Waals surface area contributed by atoms with Gasteiger partial charge in [-0.1, -0.05) is 36.7 Å². The van der Waals surface area contributed by atoms with Gasteiger partial charge < -0.3 is 10.6 Å². The largest absolute Gasteiger partial charge is 0.384 e. The van der Waals surface area contributed by atoms with E-state index in [1.54, 1.807) is 0 Å². The van der Waals surface area contributed by atoms with E-state index in [4.69, 9.17) is 11.6 Å². The predicted octanol–water partition coefficient (Wildman–Crippen LogP) is 4.34. The van der Waals surface area contributed by atoms with Crippen LogP contribution < -0.4 is 10.6 Å². The minimum atomic E-state index is -0.00576. The van der Waals surface area contributed by atoms with Crippen LogP contribution in [0.1, 0.15) is 18.9 Å². The molecule has 0 radical (unpaired) electrons. The molecule has 1 amide bonds. The third-order valence-corrected chi connectivity index (χ3v) is 3.39. The number of nitrogens with one attached hydrogen (secondary N) is 2. The number of carbonyl (C=O) groups excluding carboxylic acids is 1. The van der Waals surface area contributed by atoms with Crippen molar-refractivity contribution in [1.29, 1.82) is 0 Å². The molecule has 2 aromatic carbocycles. The normalized spacial score (nSPS) is 10.2. The number of carbonyl (C=O) groups is 1. The standard InChI is InChI=1S/C17H19ClN2O/c1-2-13-6-8-15(9-7-13)20-17(21)10-11-19-16-5-3-4-14(18)12-16/h3-9,12,19H,2,10-11H2,1H3,(H,20,21). The highest BCUT2D eigenvalue weighted by atomic mass is 35.5. The highest BCUT2D eigenvalue weighted by molar-refractivity contribution is 6.30. The minimum absolute atomic E-state index is 0.00576. The van der Waals surface area contributed by atoms with E-state index in [-0.39, 0.29) is 5.91 Å². The van der Waals surface area contributed by atoms with Crippen molar-refractivity contribution in [2.24, 2.45) is 0 Å². The average molecular weight is 303 g/mol. The zero-order chi connectivity index (χ0) is 15.1. The van der Waals surface area contributed by atoms with Gasteiger partial charge in [0, 0.05) is 29.4 Å². The quantitative estimate of drug-likeness (QED) is 0.833. The van der Waals surface area contributed by atoms with Crippen molar-refractivity contribution in [2.75, 3.05) is 17.2 Å². The van der Waals surface area contributed by atoms with Crippen LogP contribution in [0.15, 0.2) is 48.5 Å². The molecule has 3 nitrogen and oxygen atoms in total. The third kappa shape index (κ3) is 5.12. The van der Waals surface area contributed by atoms with Gasteiger partial charge in [-0.2, -0.15) is 0 Å². The van der Waals surface area contributed by atoms with Crippen molar-refractivity contribution in [1.82, 2.24) is 0 Å². The number of hydrogen-bond donors (Lipinski definition) is 2. The zero-order valence-electron chi connectivity index (χ0n) is 12.0. The molecule has 0 aliphatic carbocycles. The van der Waals surface area contributed by atoms with E-state index < -0.39 is 0 Å². The Morgan fingerprint density at radius 2 is 1.86 bits per heavy atom. The van der Waals surface area contributed by atoms with Gasteiger partial charge >= 0.3 is 0 Å². The topological polar surface area (TPSA) is 41.1 Å². The monoisotopic (exact) mass is 302 g/mol. The lowest BCUT2D eigenvalue weighted by molar-refractivity contribution is -0.115. The van der Waals surface area contributed by atoms with Crippen molar-refractivity contribution < 1.29 is 4.79 Å². The summed E-state index contributed by atoms with van der Waals surface area (Å²) in [4.78, 5) is 11.8. The van der Waals surface area contributed by atoms with Crippen LogP contribution in [0.4, 0.5) is 11.4 Å². The van der Waals surface area contributed by atoms with Crippen molar-refractivity contribution in [3.63, 3.8) is 0 Å². The van der Waals surface area contributed by atoms with Gasteiger partial charge in [0.2, 0.25) is 5.91 Å². The van der Waals surface area contributed by atoms with Crippen molar-refractivity contribution in [3.05, 3.63) is 59.1 Å². The summed E-state index contributed by atoms with van der Waals surface area (Å²) in [6.07, 6.45) is 1.40. The molecule has 0 spiro atoms. The van der Waals surface area contributed by atoms with E-state index in [1.165, 1.54) is 5.56 Å². The molecule has 2 aromatic rings. The highest BCUT2D eigenvalue weighted by Crippen LogP contribution is 2.15. The maximum Gasteiger partial charge on any atom is 0.226 e. The number of hydrogen-bond acceptors (Lipinski definition) is 2. The molecule has 2 N–H and O–H groups in total. The van der Waals surface area contributed by atoms with Gasteiger partial charge in [-0.05, 0) is 42.3 Å². The summed E-state index contributed by atoms with van der Waals surface area (Å²) in [6.45, 7) is 2.67. The average Bonchev–Trinajstić information content (AvgIpc) is 2.48. The van der Waals surface area contributed by atoms with E-state index >= 15 is 0 Å². The number of amides is 1. The summed E-state index contributed by atoms with van der Waals surface area (Å²) in [7, 11) is 0. The van der Waals surface area contributed by atoms with E-state index in [1.807, 2.05) is 48.5 Å². The molecule has 0 saturated heterocycles. The number of halogens is 1. The fourth-order valence-electron chi connectivity index (χ4n) is 1.97. The van der Waals surface area contributed by atoms with Crippen LogP contribution in [-0.2, 0) is 11.2 Å². The zero-order valence-corrected chi connectivity index (χ0v) is 12.8. The Morgan fingerprint density at radius 3 is 2.52 bits per heavy atom. The molecule has 0 bridgehead atoms. The molecule has 110 valence electrons. The number of aryl methyl sites for hydroxylation is 1. The molecule has 21 heavy (non-hydrogen) atoms. The van der Waals surface area contributed by atoms with E-state index in [0.717, 1.165) is 17.8 Å². The smallest absolute Gasteiger partial charge is 0.226 e. The maximum absolute atomic E-state index is 11.8. The van der Waals surface area contributed by atoms with E-state index in [0.29, 0.717) is 18.0 Å². The van der Waals surface area contributed by atoms with Gasteiger partial charge in [-0.3, -0.25) is 4.79 Å². The lowest BCUT2D eigenvalue weighted by atomic mass is 10.1. The first-order valence-corrected chi connectivity index (χ1v) is 7.43. The molecular weight excluding hydrogens is 284 g/mol. The molecule has 0 saturated carbocycles. The third-order valence-electron chi connectivity index (χ3n) is 3.15. The number of anilines is 2. The number of rotatable bonds is 6. The fourth-order valence-corrected chi connectivity index (χ4v) is 2.16. The van der Waals surface area contributed by atoms with Crippen LogP contribution >= 0.6 is 11.6 Å². The highest BCUT2D eigenvalue weighted by Gasteiger charge is 2.02. The Bertz CT molecular complexity index is 596. The Hall–Kier alpha value is -2.00. The van der Waals surface area contributed by atoms with Gasteiger partial charge in [0.15, 0.2) is 0 Å². The van der Waals surface area contributed by atoms with Gasteiger partial charge in [-0.15, -0.1) is 0 Å². The molecule has 0 fully saturated rings. The summed E-state index contributed by atoms with van der Waals surface area (Å²) >= 11 is 5.90. The van der Waals surface area contributed by atoms with Crippen LogP contribution in [0.3, 0.4) is 0 Å². The molecule has 0 heterocycles. The van der Waals surface area contributed by atoms with Gasteiger partial charge in [0.25, 0.3) is 0 Å². The first kappa shape index (κ1) is 15.4. The summed E-state index contributed by atoms with van der Waals surface area (Å²) in [6, 6.07) is 15.4. The van der Waals surface area contributed by atoms with Crippen LogP contribution in [0, 0.1) is 0 Å². The first-order valence-electron chi connectivity index (χ1n) is 7.05. The Morgan fingerprint density at radius 1 is 1.10 bits per heavy atom. The van der Waals surface area contributed by atoms with Crippen molar-refractivity contribution >= 4 is 28.9 Å². The second-order valence-corrected chi connectivity index (χ2v) is 5.22. The molecular formula is C17H19ClN2O. The van der Waals surface area contributed by atoms with E-state index in [2.05, 4.69) is 17.6 Å². The summed E-state index contributed by atoms with van der Waals surface area (Å²) in [5.41, 5.74) is 3.01. The fraction of sp³-hybridized carbons (Fsp3) is 0.235. The molecule has 0 aromatic heterocycles. The lowest BCUT2D eigenvalue weighted by Crippen LogP contribution is -2.16. The lowest BCUT2D eigenvalue weighted by Gasteiger charge is -2.08. The molecule has 2 rings (SSSR count). The SMILES string of the molecule is CCc1ccc(NC(=O)CCNc2cccc(Cl)c2)cc1. The molecule has 0 atom stereocenters. The maximum atomic E-state index is 11.8. The van der Waals surface area contributed by atoms with Gasteiger partial charge in [-0.25, -0.2) is 0 Å². The Labute approximate surface area is 130 Å². The van der Waals surface area contributed by atoms with Crippen LogP contribution in [0.2, 0.25) is 5.02 Å². The molecule has 4 heteroatoms. The summed E-state index contributed by atoms with van der Waals surface area (Å²) in [5.74, 6) is -0.00576. The minimum Gasteiger partial charge on any atom is -0.384 e. The Kier molecular flexibility index (Phi) is 5.64. The summed E-state index contributed by atoms with van der Waals surface area (Å²) in [5, 5.41) is 6.74.